The first-order valence-corrected chi connectivity index (χ1v) is 10.7. The molecule has 0 bridgehead atoms. The molecule has 2 aliphatic heterocycles. The van der Waals surface area contributed by atoms with E-state index in [0.29, 0.717) is 39.1 Å². The number of rotatable bonds is 6. The second kappa shape index (κ2) is 10.4. The molecule has 2 amide bonds. The number of carbonyl (C=O) groups is 3. The van der Waals surface area contributed by atoms with Crippen LogP contribution in [-0.2, 0) is 19.1 Å². The van der Waals surface area contributed by atoms with Crippen molar-refractivity contribution in [2.75, 3.05) is 51.3 Å². The average Bonchev–Trinajstić information content (AvgIpc) is 2.79. The number of amides is 2. The molecule has 3 heterocycles. The van der Waals surface area contributed by atoms with Crippen molar-refractivity contribution in [3.05, 3.63) is 18.6 Å². The molecule has 30 heavy (non-hydrogen) atoms. The molecule has 0 aliphatic carbocycles. The van der Waals surface area contributed by atoms with E-state index in [1.807, 2.05) is 0 Å². The lowest BCUT2D eigenvalue weighted by Crippen LogP contribution is -2.48. The number of aromatic nitrogens is 2. The summed E-state index contributed by atoms with van der Waals surface area (Å²) in [4.78, 5) is 51.2. The van der Waals surface area contributed by atoms with Gasteiger partial charge in [0.25, 0.3) is 0 Å². The van der Waals surface area contributed by atoms with E-state index in [2.05, 4.69) is 14.9 Å². The van der Waals surface area contributed by atoms with Crippen molar-refractivity contribution < 1.29 is 19.1 Å². The molecule has 9 heteroatoms. The van der Waals surface area contributed by atoms with E-state index in [1.165, 1.54) is 4.90 Å². The van der Waals surface area contributed by atoms with E-state index in [0.717, 1.165) is 25.2 Å². The van der Waals surface area contributed by atoms with E-state index in [9.17, 15) is 14.4 Å². The summed E-state index contributed by atoms with van der Waals surface area (Å²) in [6, 6.07) is 0. The van der Waals surface area contributed by atoms with Crippen LogP contribution < -0.4 is 4.90 Å². The molecule has 0 aromatic carbocycles. The van der Waals surface area contributed by atoms with Crippen LogP contribution >= 0.6 is 0 Å². The standard InChI is InChI=1S/C21H31N5O4/c1-3-30-21(29)16-6-11-25(12-7-16)19(27)15-24(2)20(28)17-5-4-10-26(14-17)18-13-22-8-9-23-18/h8-9,13,16-17H,3-7,10-12,14-15H2,1-2H3. The van der Waals surface area contributed by atoms with Crippen LogP contribution in [0.5, 0.6) is 0 Å². The molecule has 1 aromatic rings. The van der Waals surface area contributed by atoms with Crippen LogP contribution in [-0.4, -0.2) is 83.9 Å². The fourth-order valence-electron chi connectivity index (χ4n) is 4.16. The van der Waals surface area contributed by atoms with Gasteiger partial charge in [-0.3, -0.25) is 19.4 Å². The predicted octanol–water partition coefficient (Wildman–Crippen LogP) is 0.953. The Morgan fingerprint density at radius 3 is 2.57 bits per heavy atom. The molecule has 0 saturated carbocycles. The van der Waals surface area contributed by atoms with Gasteiger partial charge in [-0.25, -0.2) is 4.98 Å². The summed E-state index contributed by atoms with van der Waals surface area (Å²) in [6.45, 7) is 4.71. The third-order valence-corrected chi connectivity index (χ3v) is 5.86. The summed E-state index contributed by atoms with van der Waals surface area (Å²) in [6.07, 6.45) is 7.91. The maximum Gasteiger partial charge on any atom is 0.309 e. The first-order chi connectivity index (χ1) is 14.5. The third-order valence-electron chi connectivity index (χ3n) is 5.86. The van der Waals surface area contributed by atoms with Crippen molar-refractivity contribution in [2.45, 2.75) is 32.6 Å². The van der Waals surface area contributed by atoms with E-state index in [1.54, 1.807) is 37.5 Å². The highest BCUT2D eigenvalue weighted by Crippen LogP contribution is 2.23. The van der Waals surface area contributed by atoms with Gasteiger partial charge in [0.2, 0.25) is 11.8 Å². The monoisotopic (exact) mass is 417 g/mol. The Bertz CT molecular complexity index is 736. The molecule has 0 N–H and O–H groups in total. The summed E-state index contributed by atoms with van der Waals surface area (Å²) >= 11 is 0. The molecule has 2 fully saturated rings. The maximum atomic E-state index is 12.9. The second-order valence-electron chi connectivity index (χ2n) is 7.95. The summed E-state index contributed by atoms with van der Waals surface area (Å²) in [5, 5.41) is 0. The molecule has 1 unspecified atom stereocenters. The third kappa shape index (κ3) is 5.46. The van der Waals surface area contributed by atoms with Crippen molar-refractivity contribution in [1.29, 1.82) is 0 Å². The fraction of sp³-hybridized carbons (Fsp3) is 0.667. The van der Waals surface area contributed by atoms with Gasteiger partial charge >= 0.3 is 5.97 Å². The SMILES string of the molecule is CCOC(=O)C1CCN(C(=O)CN(C)C(=O)C2CCCN(c3cnccn3)C2)CC1. The molecular weight excluding hydrogens is 386 g/mol. The number of likely N-dealkylation sites (tertiary alicyclic amines) is 1. The summed E-state index contributed by atoms with van der Waals surface area (Å²) in [5.41, 5.74) is 0. The van der Waals surface area contributed by atoms with Crippen molar-refractivity contribution in [2.24, 2.45) is 11.8 Å². The van der Waals surface area contributed by atoms with Gasteiger partial charge < -0.3 is 19.4 Å². The number of likely N-dealkylation sites (N-methyl/N-ethyl adjacent to an activating group) is 1. The van der Waals surface area contributed by atoms with Crippen LogP contribution in [0.3, 0.4) is 0 Å². The lowest BCUT2D eigenvalue weighted by Gasteiger charge is -2.35. The van der Waals surface area contributed by atoms with Crippen LogP contribution in [0.15, 0.2) is 18.6 Å². The summed E-state index contributed by atoms with van der Waals surface area (Å²) in [5.74, 6) is 0.212. The quantitative estimate of drug-likeness (QED) is 0.636. The van der Waals surface area contributed by atoms with Crippen molar-refractivity contribution in [3.63, 3.8) is 0 Å². The molecule has 2 aliphatic rings. The Hall–Kier alpha value is -2.71. The molecule has 3 rings (SSSR count). The lowest BCUT2D eigenvalue weighted by atomic mass is 9.96. The number of hydrogen-bond acceptors (Lipinski definition) is 7. The van der Waals surface area contributed by atoms with E-state index >= 15 is 0 Å². The van der Waals surface area contributed by atoms with Crippen LogP contribution in [0.2, 0.25) is 0 Å². The van der Waals surface area contributed by atoms with Crippen LogP contribution in [0.1, 0.15) is 32.6 Å². The average molecular weight is 418 g/mol. The zero-order valence-corrected chi connectivity index (χ0v) is 17.8. The highest BCUT2D eigenvalue weighted by atomic mass is 16.5. The largest absolute Gasteiger partial charge is 0.466 e. The van der Waals surface area contributed by atoms with Crippen LogP contribution in [0.25, 0.3) is 0 Å². The number of hydrogen-bond donors (Lipinski definition) is 0. The van der Waals surface area contributed by atoms with Crippen molar-refractivity contribution in [3.8, 4) is 0 Å². The number of esters is 1. The first kappa shape index (κ1) is 22.0. The molecule has 9 nitrogen and oxygen atoms in total. The first-order valence-electron chi connectivity index (χ1n) is 10.7. The van der Waals surface area contributed by atoms with Crippen molar-refractivity contribution in [1.82, 2.24) is 19.8 Å². The number of carbonyl (C=O) groups excluding carboxylic acids is 3. The Morgan fingerprint density at radius 1 is 1.13 bits per heavy atom. The van der Waals surface area contributed by atoms with Gasteiger partial charge in [-0.15, -0.1) is 0 Å². The van der Waals surface area contributed by atoms with Gasteiger partial charge in [-0.05, 0) is 32.6 Å². The van der Waals surface area contributed by atoms with Gasteiger partial charge in [0, 0.05) is 45.6 Å². The normalized spacial score (nSPS) is 20.0. The molecular formula is C21H31N5O4. The smallest absolute Gasteiger partial charge is 0.309 e. The van der Waals surface area contributed by atoms with Crippen LogP contribution in [0.4, 0.5) is 5.82 Å². The fourth-order valence-corrected chi connectivity index (χ4v) is 4.16. The van der Waals surface area contributed by atoms with E-state index in [4.69, 9.17) is 4.74 Å². The Kier molecular flexibility index (Phi) is 7.59. The lowest BCUT2D eigenvalue weighted by molar-refractivity contribution is -0.151. The number of piperidine rings is 2. The Balaban J connectivity index is 1.48. The molecule has 1 atom stereocenters. The van der Waals surface area contributed by atoms with Gasteiger partial charge in [-0.1, -0.05) is 0 Å². The number of nitrogens with zero attached hydrogens (tertiary/aromatic N) is 5. The molecule has 164 valence electrons. The van der Waals surface area contributed by atoms with Crippen LogP contribution in [0, 0.1) is 11.8 Å². The molecule has 0 spiro atoms. The van der Waals surface area contributed by atoms with Gasteiger partial charge in [-0.2, -0.15) is 0 Å². The topological polar surface area (TPSA) is 95.9 Å². The van der Waals surface area contributed by atoms with Gasteiger partial charge in [0.1, 0.15) is 5.82 Å². The van der Waals surface area contributed by atoms with Gasteiger partial charge in [0.15, 0.2) is 0 Å². The van der Waals surface area contributed by atoms with Gasteiger partial charge in [0.05, 0.1) is 31.2 Å². The minimum absolute atomic E-state index is 0.0154. The highest BCUT2D eigenvalue weighted by Gasteiger charge is 2.32. The highest BCUT2D eigenvalue weighted by molar-refractivity contribution is 5.86. The van der Waals surface area contributed by atoms with E-state index in [-0.39, 0.29) is 36.2 Å². The predicted molar refractivity (Wildman–Crippen MR) is 111 cm³/mol. The maximum absolute atomic E-state index is 12.9. The second-order valence-corrected chi connectivity index (χ2v) is 7.95. The molecule has 2 saturated heterocycles. The molecule has 0 radical (unpaired) electrons. The minimum atomic E-state index is -0.179. The van der Waals surface area contributed by atoms with E-state index < -0.39 is 0 Å². The van der Waals surface area contributed by atoms with Crippen molar-refractivity contribution >= 4 is 23.6 Å². The number of anilines is 1. The Labute approximate surface area is 177 Å². The Morgan fingerprint density at radius 2 is 1.90 bits per heavy atom. The summed E-state index contributed by atoms with van der Waals surface area (Å²) < 4.78 is 5.07. The zero-order chi connectivity index (χ0) is 21.5. The minimum Gasteiger partial charge on any atom is -0.466 e. The number of ether oxygens (including phenoxy) is 1. The zero-order valence-electron chi connectivity index (χ0n) is 17.8. The summed E-state index contributed by atoms with van der Waals surface area (Å²) in [7, 11) is 1.69. The molecule has 1 aromatic heterocycles.